The predicted octanol–water partition coefficient (Wildman–Crippen LogP) is 1.39. The van der Waals surface area contributed by atoms with Gasteiger partial charge in [0.15, 0.2) is 0 Å². The van der Waals surface area contributed by atoms with E-state index < -0.39 is 10.0 Å². The van der Waals surface area contributed by atoms with E-state index in [-0.39, 0.29) is 29.2 Å². The molecule has 1 atom stereocenters. The molecule has 1 aromatic rings. The van der Waals surface area contributed by atoms with E-state index in [0.29, 0.717) is 12.2 Å². The van der Waals surface area contributed by atoms with Crippen LogP contribution in [0.2, 0.25) is 5.02 Å². The lowest BCUT2D eigenvalue weighted by Gasteiger charge is -2.14. The smallest absolute Gasteiger partial charge is 0.242 e. The van der Waals surface area contributed by atoms with Crippen LogP contribution in [0.3, 0.4) is 0 Å². The Balaban J connectivity index is 2.93. The number of aliphatic hydroxyl groups excluding tert-OH is 1. The predicted molar refractivity (Wildman–Crippen MR) is 81.7 cm³/mol. The molecule has 116 valence electrons. The maximum absolute atomic E-state index is 12.2. The number of benzene rings is 1. The zero-order chi connectivity index (χ0) is 15.9. The van der Waals surface area contributed by atoms with Crippen LogP contribution >= 0.6 is 11.6 Å². The summed E-state index contributed by atoms with van der Waals surface area (Å²) < 4.78 is 32.1. The Morgan fingerprint density at radius 2 is 2.19 bits per heavy atom. The molecule has 0 saturated heterocycles. The van der Waals surface area contributed by atoms with Crippen molar-refractivity contribution < 1.29 is 18.3 Å². The summed E-state index contributed by atoms with van der Waals surface area (Å²) in [6, 6.07) is 4.02. The third kappa shape index (κ3) is 5.65. The Hall–Kier alpha value is -1.10. The SMILES string of the molecule is CCOCC(C)NS(=O)(=O)c1ccc(C#CCO)cc1Cl. The number of ether oxygens (including phenoxy) is 1. The van der Waals surface area contributed by atoms with Gasteiger partial charge in [0.25, 0.3) is 0 Å². The fourth-order valence-electron chi connectivity index (χ4n) is 1.60. The van der Waals surface area contributed by atoms with E-state index >= 15 is 0 Å². The molecule has 2 N–H and O–H groups in total. The van der Waals surface area contributed by atoms with Gasteiger partial charge >= 0.3 is 0 Å². The molecule has 0 heterocycles. The van der Waals surface area contributed by atoms with Gasteiger partial charge in [0, 0.05) is 18.2 Å². The minimum Gasteiger partial charge on any atom is -0.384 e. The van der Waals surface area contributed by atoms with Gasteiger partial charge in [0.1, 0.15) is 11.5 Å². The van der Waals surface area contributed by atoms with Crippen molar-refractivity contribution in [1.82, 2.24) is 4.72 Å². The van der Waals surface area contributed by atoms with E-state index in [4.69, 9.17) is 21.4 Å². The largest absolute Gasteiger partial charge is 0.384 e. The van der Waals surface area contributed by atoms with Gasteiger partial charge in [-0.05, 0) is 32.0 Å². The molecule has 7 heteroatoms. The first-order valence-corrected chi connectivity index (χ1v) is 8.26. The van der Waals surface area contributed by atoms with Crippen LogP contribution in [0.4, 0.5) is 0 Å². The Morgan fingerprint density at radius 1 is 1.48 bits per heavy atom. The molecule has 0 spiro atoms. The molecule has 0 amide bonds. The van der Waals surface area contributed by atoms with Gasteiger partial charge in [0.05, 0.1) is 11.6 Å². The Bertz CT molecular complexity index is 634. The molecule has 0 aliphatic rings. The first-order chi connectivity index (χ1) is 9.90. The van der Waals surface area contributed by atoms with E-state index in [1.165, 1.54) is 18.2 Å². The molecule has 1 unspecified atom stereocenters. The summed E-state index contributed by atoms with van der Waals surface area (Å²) in [5, 5.41) is 8.71. The van der Waals surface area contributed by atoms with Crippen molar-refractivity contribution in [3.63, 3.8) is 0 Å². The summed E-state index contributed by atoms with van der Waals surface area (Å²) in [5.41, 5.74) is 0.537. The fraction of sp³-hybridized carbons (Fsp3) is 0.429. The first-order valence-electron chi connectivity index (χ1n) is 6.40. The summed E-state index contributed by atoms with van der Waals surface area (Å²) >= 11 is 6.00. The monoisotopic (exact) mass is 331 g/mol. The number of hydrogen-bond donors (Lipinski definition) is 2. The van der Waals surface area contributed by atoms with Gasteiger partial charge in [0.2, 0.25) is 10.0 Å². The van der Waals surface area contributed by atoms with Crippen molar-refractivity contribution in [3.8, 4) is 11.8 Å². The second-order valence-electron chi connectivity index (χ2n) is 4.29. The number of rotatable bonds is 6. The number of aliphatic hydroxyl groups is 1. The number of hydrogen-bond acceptors (Lipinski definition) is 4. The van der Waals surface area contributed by atoms with Crippen LogP contribution < -0.4 is 4.72 Å². The van der Waals surface area contributed by atoms with Gasteiger partial charge in [-0.1, -0.05) is 23.4 Å². The lowest BCUT2D eigenvalue weighted by Crippen LogP contribution is -2.36. The van der Waals surface area contributed by atoms with Crippen molar-refractivity contribution in [2.24, 2.45) is 0 Å². The minimum absolute atomic E-state index is 0.0120. The molecular weight excluding hydrogens is 314 g/mol. The Labute approximate surface area is 130 Å². The molecular formula is C14H18ClNO4S. The van der Waals surface area contributed by atoms with Crippen LogP contribution in [0.15, 0.2) is 23.1 Å². The molecule has 0 aliphatic heterocycles. The van der Waals surface area contributed by atoms with E-state index in [0.717, 1.165) is 0 Å². The summed E-state index contributed by atoms with van der Waals surface area (Å²) in [6.45, 7) is 4.08. The van der Waals surface area contributed by atoms with E-state index in [9.17, 15) is 8.42 Å². The first kappa shape index (κ1) is 18.0. The van der Waals surface area contributed by atoms with Crippen molar-refractivity contribution >= 4 is 21.6 Å². The second-order valence-corrected chi connectivity index (χ2v) is 6.38. The fourth-order valence-corrected chi connectivity index (χ4v) is 3.37. The van der Waals surface area contributed by atoms with Crippen LogP contribution in [0, 0.1) is 11.8 Å². The van der Waals surface area contributed by atoms with Crippen LogP contribution in [0.5, 0.6) is 0 Å². The highest BCUT2D eigenvalue weighted by Gasteiger charge is 2.20. The van der Waals surface area contributed by atoms with E-state index in [1.807, 2.05) is 6.92 Å². The van der Waals surface area contributed by atoms with Gasteiger partial charge in [-0.2, -0.15) is 0 Å². The van der Waals surface area contributed by atoms with Gasteiger partial charge in [-0.15, -0.1) is 0 Å². The van der Waals surface area contributed by atoms with Gasteiger partial charge < -0.3 is 9.84 Å². The molecule has 21 heavy (non-hydrogen) atoms. The summed E-state index contributed by atoms with van der Waals surface area (Å²) in [7, 11) is -3.72. The van der Waals surface area contributed by atoms with Crippen LogP contribution in [-0.2, 0) is 14.8 Å². The number of nitrogens with one attached hydrogen (secondary N) is 1. The van der Waals surface area contributed by atoms with E-state index in [2.05, 4.69) is 16.6 Å². The highest BCUT2D eigenvalue weighted by molar-refractivity contribution is 7.89. The summed E-state index contributed by atoms with van der Waals surface area (Å²) in [5.74, 6) is 5.13. The quantitative estimate of drug-likeness (QED) is 0.772. The third-order valence-electron chi connectivity index (χ3n) is 2.46. The molecule has 1 aromatic carbocycles. The maximum atomic E-state index is 12.2. The Kier molecular flexibility index (Phi) is 7.15. The van der Waals surface area contributed by atoms with Crippen molar-refractivity contribution in [2.75, 3.05) is 19.8 Å². The zero-order valence-corrected chi connectivity index (χ0v) is 13.5. The molecule has 0 aliphatic carbocycles. The minimum atomic E-state index is -3.72. The average molecular weight is 332 g/mol. The number of halogens is 1. The third-order valence-corrected chi connectivity index (χ3v) is 4.53. The number of sulfonamides is 1. The molecule has 5 nitrogen and oxygen atoms in total. The molecule has 0 aromatic heterocycles. The summed E-state index contributed by atoms with van der Waals surface area (Å²) in [4.78, 5) is -0.0120. The molecule has 0 bridgehead atoms. The zero-order valence-electron chi connectivity index (χ0n) is 11.9. The van der Waals surface area contributed by atoms with Gasteiger partial charge in [-0.25, -0.2) is 13.1 Å². The lowest BCUT2D eigenvalue weighted by molar-refractivity contribution is 0.133. The van der Waals surface area contributed by atoms with Crippen LogP contribution in [-0.4, -0.2) is 39.4 Å². The summed E-state index contributed by atoms with van der Waals surface area (Å²) in [6.07, 6.45) is 0. The van der Waals surface area contributed by atoms with Crippen LogP contribution in [0.1, 0.15) is 19.4 Å². The standard InChI is InChI=1S/C14H18ClNO4S/c1-3-20-10-11(2)16-21(18,19)14-7-6-12(5-4-8-17)9-13(14)15/h6-7,9,11,16-17H,3,8,10H2,1-2H3. The van der Waals surface area contributed by atoms with Crippen molar-refractivity contribution in [2.45, 2.75) is 24.8 Å². The highest BCUT2D eigenvalue weighted by Crippen LogP contribution is 2.22. The molecule has 0 fully saturated rings. The Morgan fingerprint density at radius 3 is 2.76 bits per heavy atom. The normalized spacial score (nSPS) is 12.6. The van der Waals surface area contributed by atoms with Gasteiger partial charge in [-0.3, -0.25) is 0 Å². The highest BCUT2D eigenvalue weighted by atomic mass is 35.5. The van der Waals surface area contributed by atoms with Crippen LogP contribution in [0.25, 0.3) is 0 Å². The lowest BCUT2D eigenvalue weighted by atomic mass is 10.2. The molecule has 1 rings (SSSR count). The van der Waals surface area contributed by atoms with Crippen molar-refractivity contribution in [1.29, 1.82) is 0 Å². The molecule has 0 radical (unpaired) electrons. The molecule has 0 saturated carbocycles. The average Bonchev–Trinajstić information content (AvgIpc) is 2.42. The maximum Gasteiger partial charge on any atom is 0.242 e. The topological polar surface area (TPSA) is 75.6 Å². The van der Waals surface area contributed by atoms with E-state index in [1.54, 1.807) is 6.92 Å². The van der Waals surface area contributed by atoms with Crippen molar-refractivity contribution in [3.05, 3.63) is 28.8 Å². The second kappa shape index (κ2) is 8.37.